The van der Waals surface area contributed by atoms with Crippen molar-refractivity contribution in [2.45, 2.75) is 11.5 Å². The summed E-state index contributed by atoms with van der Waals surface area (Å²) in [7, 11) is -3.32. The molecule has 0 bridgehead atoms. The first-order valence-electron chi connectivity index (χ1n) is 9.18. The highest BCUT2D eigenvalue weighted by atomic mass is 35.5. The van der Waals surface area contributed by atoms with E-state index in [1.165, 1.54) is 17.4 Å². The molecule has 0 saturated carbocycles. The van der Waals surface area contributed by atoms with Crippen molar-refractivity contribution in [3.05, 3.63) is 82.9 Å². The number of carbonyl (C=O) groups excluding carboxylic acids is 1. The molecule has 158 valence electrons. The summed E-state index contributed by atoms with van der Waals surface area (Å²) in [6.45, 7) is 0.289. The van der Waals surface area contributed by atoms with Crippen LogP contribution in [0.2, 0.25) is 5.02 Å². The van der Waals surface area contributed by atoms with E-state index >= 15 is 0 Å². The van der Waals surface area contributed by atoms with Gasteiger partial charge < -0.3 is 4.74 Å². The maximum absolute atomic E-state index is 12.9. The van der Waals surface area contributed by atoms with Crippen molar-refractivity contribution in [3.63, 3.8) is 0 Å². The lowest BCUT2D eigenvalue weighted by Gasteiger charge is -2.11. The fourth-order valence-electron chi connectivity index (χ4n) is 2.88. The van der Waals surface area contributed by atoms with E-state index in [1.54, 1.807) is 48.5 Å². The lowest BCUT2D eigenvalue weighted by Crippen LogP contribution is -2.13. The minimum atomic E-state index is -3.32. The van der Waals surface area contributed by atoms with Crippen LogP contribution in [0.5, 0.6) is 5.75 Å². The number of anilines is 1. The number of nitrogens with zero attached hydrogens (tertiary/aromatic N) is 1. The summed E-state index contributed by atoms with van der Waals surface area (Å²) in [5.41, 5.74) is 1.90. The number of hydrogen-bond donors (Lipinski definition) is 1. The zero-order chi connectivity index (χ0) is 22.0. The van der Waals surface area contributed by atoms with Gasteiger partial charge in [0, 0.05) is 11.3 Å². The molecule has 1 N–H and O–H groups in total. The SMILES string of the molecule is CS(=O)(=O)c1ccc2nc(NC(=O)c3ccccc3OCc3ccc(Cl)cc3)sc2c1. The minimum absolute atomic E-state index is 0.211. The van der Waals surface area contributed by atoms with Crippen LogP contribution >= 0.6 is 22.9 Å². The number of thiazole rings is 1. The number of para-hydroxylation sites is 1. The highest BCUT2D eigenvalue weighted by Crippen LogP contribution is 2.29. The quantitative estimate of drug-likeness (QED) is 0.417. The van der Waals surface area contributed by atoms with Crippen LogP contribution in [-0.4, -0.2) is 25.6 Å². The molecule has 31 heavy (non-hydrogen) atoms. The smallest absolute Gasteiger partial charge is 0.261 e. The molecule has 1 aromatic heterocycles. The van der Waals surface area contributed by atoms with Crippen molar-refractivity contribution in [3.8, 4) is 5.75 Å². The molecule has 0 aliphatic carbocycles. The molecule has 0 unspecified atom stereocenters. The first-order chi connectivity index (χ1) is 14.8. The highest BCUT2D eigenvalue weighted by Gasteiger charge is 2.16. The maximum Gasteiger partial charge on any atom is 0.261 e. The molecule has 4 rings (SSSR count). The first kappa shape index (κ1) is 21.3. The van der Waals surface area contributed by atoms with Gasteiger partial charge in [-0.15, -0.1) is 0 Å². The number of rotatable bonds is 6. The van der Waals surface area contributed by atoms with E-state index in [2.05, 4.69) is 10.3 Å². The molecule has 0 radical (unpaired) electrons. The summed E-state index contributed by atoms with van der Waals surface area (Å²) in [4.78, 5) is 17.4. The zero-order valence-electron chi connectivity index (χ0n) is 16.3. The molecule has 6 nitrogen and oxygen atoms in total. The van der Waals surface area contributed by atoms with Crippen molar-refractivity contribution in [2.24, 2.45) is 0 Å². The Morgan fingerprint density at radius 1 is 1.10 bits per heavy atom. The third-order valence-electron chi connectivity index (χ3n) is 4.45. The van der Waals surface area contributed by atoms with E-state index in [0.717, 1.165) is 11.8 Å². The molecule has 3 aromatic carbocycles. The van der Waals surface area contributed by atoms with Crippen molar-refractivity contribution in [2.75, 3.05) is 11.6 Å². The Balaban J connectivity index is 1.53. The van der Waals surface area contributed by atoms with Crippen molar-refractivity contribution in [1.82, 2.24) is 4.98 Å². The number of amides is 1. The fourth-order valence-corrected chi connectivity index (χ4v) is 4.62. The van der Waals surface area contributed by atoms with Gasteiger partial charge in [-0.25, -0.2) is 13.4 Å². The predicted molar refractivity (Wildman–Crippen MR) is 123 cm³/mol. The van der Waals surface area contributed by atoms with E-state index in [9.17, 15) is 13.2 Å². The van der Waals surface area contributed by atoms with Crippen LogP contribution < -0.4 is 10.1 Å². The van der Waals surface area contributed by atoms with Crippen LogP contribution in [0.3, 0.4) is 0 Å². The standard InChI is InChI=1S/C22H17ClN2O4S2/c1-31(27,28)16-10-11-18-20(12-16)30-22(24-18)25-21(26)17-4-2-3-5-19(17)29-13-14-6-8-15(23)9-7-14/h2-12H,13H2,1H3,(H,24,25,26). The number of benzene rings is 3. The third kappa shape index (κ3) is 5.04. The Hall–Kier alpha value is -2.94. The van der Waals surface area contributed by atoms with Gasteiger partial charge in [0.15, 0.2) is 15.0 Å². The van der Waals surface area contributed by atoms with Gasteiger partial charge in [-0.05, 0) is 48.0 Å². The number of hydrogen-bond acceptors (Lipinski definition) is 6. The molecule has 0 atom stereocenters. The van der Waals surface area contributed by atoms with Gasteiger partial charge in [0.05, 0.1) is 20.7 Å². The van der Waals surface area contributed by atoms with Crippen LogP contribution in [0.25, 0.3) is 10.2 Å². The van der Waals surface area contributed by atoms with Gasteiger partial charge in [0.25, 0.3) is 5.91 Å². The molecule has 0 aliphatic heterocycles. The Bertz CT molecular complexity index is 1370. The molecule has 0 saturated heterocycles. The van der Waals surface area contributed by atoms with Crippen LogP contribution in [-0.2, 0) is 16.4 Å². The van der Waals surface area contributed by atoms with E-state index in [1.807, 2.05) is 12.1 Å². The number of sulfone groups is 1. The number of ether oxygens (including phenoxy) is 1. The number of aromatic nitrogens is 1. The number of carbonyl (C=O) groups is 1. The average molecular weight is 473 g/mol. The zero-order valence-corrected chi connectivity index (χ0v) is 18.7. The van der Waals surface area contributed by atoms with Gasteiger partial charge in [-0.3, -0.25) is 10.1 Å². The van der Waals surface area contributed by atoms with Crippen LogP contribution in [0, 0.1) is 0 Å². The van der Waals surface area contributed by atoms with E-state index in [-0.39, 0.29) is 17.4 Å². The molecule has 0 fully saturated rings. The number of fused-ring (bicyclic) bond motifs is 1. The van der Waals surface area contributed by atoms with E-state index in [4.69, 9.17) is 16.3 Å². The van der Waals surface area contributed by atoms with Gasteiger partial charge in [-0.1, -0.05) is 47.2 Å². The molecular weight excluding hydrogens is 456 g/mol. The first-order valence-corrected chi connectivity index (χ1v) is 12.3. The largest absolute Gasteiger partial charge is 0.488 e. The maximum atomic E-state index is 12.9. The van der Waals surface area contributed by atoms with Crippen LogP contribution in [0.4, 0.5) is 5.13 Å². The monoisotopic (exact) mass is 472 g/mol. The highest BCUT2D eigenvalue weighted by molar-refractivity contribution is 7.90. The summed E-state index contributed by atoms with van der Waals surface area (Å²) in [5.74, 6) is 0.0736. The minimum Gasteiger partial charge on any atom is -0.488 e. The Labute approximate surface area is 188 Å². The summed E-state index contributed by atoms with van der Waals surface area (Å²) >= 11 is 7.11. The normalized spacial score (nSPS) is 11.4. The van der Waals surface area contributed by atoms with E-state index in [0.29, 0.717) is 31.7 Å². The van der Waals surface area contributed by atoms with Gasteiger partial charge in [-0.2, -0.15) is 0 Å². The Kier molecular flexibility index (Phi) is 5.95. The van der Waals surface area contributed by atoms with Crippen molar-refractivity contribution in [1.29, 1.82) is 0 Å². The number of nitrogens with one attached hydrogen (secondary N) is 1. The number of halogens is 1. The summed E-state index contributed by atoms with van der Waals surface area (Å²) in [6, 6.07) is 18.9. The lowest BCUT2D eigenvalue weighted by atomic mass is 10.2. The summed E-state index contributed by atoms with van der Waals surface area (Å²) in [5, 5.41) is 3.79. The molecular formula is C22H17ClN2O4S2. The van der Waals surface area contributed by atoms with Gasteiger partial charge >= 0.3 is 0 Å². The lowest BCUT2D eigenvalue weighted by molar-refractivity contribution is 0.102. The Morgan fingerprint density at radius 3 is 2.58 bits per heavy atom. The Morgan fingerprint density at radius 2 is 1.84 bits per heavy atom. The predicted octanol–water partition coefficient (Wildman–Crippen LogP) is 5.18. The van der Waals surface area contributed by atoms with E-state index < -0.39 is 9.84 Å². The molecule has 4 aromatic rings. The summed E-state index contributed by atoms with van der Waals surface area (Å²) < 4.78 is 30.0. The molecule has 1 amide bonds. The van der Waals surface area contributed by atoms with Crippen LogP contribution in [0.15, 0.2) is 71.6 Å². The summed E-state index contributed by atoms with van der Waals surface area (Å²) in [6.07, 6.45) is 1.15. The molecule has 1 heterocycles. The third-order valence-corrected chi connectivity index (χ3v) is 6.74. The fraction of sp³-hybridized carbons (Fsp3) is 0.0909. The molecule has 9 heteroatoms. The molecule has 0 aliphatic rings. The molecule has 0 spiro atoms. The van der Waals surface area contributed by atoms with Crippen molar-refractivity contribution < 1.29 is 17.9 Å². The van der Waals surface area contributed by atoms with Gasteiger partial charge in [0.1, 0.15) is 12.4 Å². The van der Waals surface area contributed by atoms with Gasteiger partial charge in [0.2, 0.25) is 0 Å². The topological polar surface area (TPSA) is 85.4 Å². The van der Waals surface area contributed by atoms with Crippen LogP contribution in [0.1, 0.15) is 15.9 Å². The van der Waals surface area contributed by atoms with Crippen molar-refractivity contribution >= 4 is 54.0 Å². The average Bonchev–Trinajstić information content (AvgIpc) is 3.14. The second kappa shape index (κ2) is 8.66. The second-order valence-corrected chi connectivity index (χ2v) is 10.3. The second-order valence-electron chi connectivity index (χ2n) is 6.79.